The topological polar surface area (TPSA) is 128 Å². The lowest BCUT2D eigenvalue weighted by Gasteiger charge is -2.32. The fourth-order valence-corrected chi connectivity index (χ4v) is 4.31. The minimum absolute atomic E-state index is 0.00651. The molecule has 2 aliphatic rings. The average molecular weight is 484 g/mol. The molecule has 0 aliphatic carbocycles. The summed E-state index contributed by atoms with van der Waals surface area (Å²) in [5, 5.41) is 16.9. The molecule has 5 heterocycles. The molecule has 35 heavy (non-hydrogen) atoms. The summed E-state index contributed by atoms with van der Waals surface area (Å²) in [7, 11) is 1.49. The quantitative estimate of drug-likeness (QED) is 0.460. The van der Waals surface area contributed by atoms with Crippen molar-refractivity contribution in [3.8, 4) is 11.6 Å². The van der Waals surface area contributed by atoms with Crippen molar-refractivity contribution < 1.29 is 28.5 Å². The molecule has 0 radical (unpaired) electrons. The number of hydrogen-bond acceptors (Lipinski definition) is 9. The molecule has 1 amide bonds. The first-order chi connectivity index (χ1) is 17.0. The third-order valence-corrected chi connectivity index (χ3v) is 6.21. The second kappa shape index (κ2) is 10.1. The Balaban J connectivity index is 1.16. The number of nitrogens with one attached hydrogen (secondary N) is 2. The van der Waals surface area contributed by atoms with Crippen molar-refractivity contribution in [2.45, 2.75) is 44.1 Å². The van der Waals surface area contributed by atoms with Crippen LogP contribution in [0.2, 0.25) is 0 Å². The Morgan fingerprint density at radius 2 is 2.17 bits per heavy atom. The van der Waals surface area contributed by atoms with E-state index in [1.807, 2.05) is 6.07 Å². The van der Waals surface area contributed by atoms with Crippen molar-refractivity contribution in [2.75, 3.05) is 25.6 Å². The molecule has 0 bridgehead atoms. The van der Waals surface area contributed by atoms with Crippen LogP contribution in [0.5, 0.6) is 11.6 Å². The first kappa shape index (κ1) is 23.3. The molecule has 1 fully saturated rings. The maximum absolute atomic E-state index is 14.6. The van der Waals surface area contributed by atoms with Crippen LogP contribution in [0.1, 0.15) is 24.1 Å². The number of carbonyl (C=O) groups excluding carboxylic acids is 1. The van der Waals surface area contributed by atoms with E-state index < -0.39 is 18.0 Å². The Bertz CT molecular complexity index is 1230. The summed E-state index contributed by atoms with van der Waals surface area (Å²) in [6.07, 6.45) is 1.28. The van der Waals surface area contributed by atoms with Gasteiger partial charge in [-0.2, -0.15) is 0 Å². The maximum atomic E-state index is 14.6. The van der Waals surface area contributed by atoms with E-state index in [9.17, 15) is 14.3 Å². The largest absolute Gasteiger partial charge is 0.481 e. The summed E-state index contributed by atoms with van der Waals surface area (Å²) in [5.74, 6) is 0.582. The molecule has 0 saturated carbocycles. The van der Waals surface area contributed by atoms with E-state index in [1.54, 1.807) is 18.2 Å². The van der Waals surface area contributed by atoms with Crippen molar-refractivity contribution in [2.24, 2.45) is 0 Å². The molecule has 10 nitrogen and oxygen atoms in total. The SMILES string of the molecule is COc1ccc2ncc(F)c(C[C@H](O)[C@@H]3CC[C@@H](NCc4ccc5c(n4)NC(=O)CO5)CO3)c2n1. The van der Waals surface area contributed by atoms with Crippen LogP contribution in [-0.2, 0) is 22.5 Å². The van der Waals surface area contributed by atoms with Gasteiger partial charge in [0.05, 0.1) is 48.8 Å². The zero-order valence-electron chi connectivity index (χ0n) is 19.2. The van der Waals surface area contributed by atoms with Crippen molar-refractivity contribution in [3.63, 3.8) is 0 Å². The highest BCUT2D eigenvalue weighted by molar-refractivity contribution is 5.94. The highest BCUT2D eigenvalue weighted by atomic mass is 19.1. The van der Waals surface area contributed by atoms with E-state index >= 15 is 0 Å². The zero-order valence-corrected chi connectivity index (χ0v) is 19.2. The summed E-state index contributed by atoms with van der Waals surface area (Å²) in [6.45, 7) is 0.887. The number of carbonyl (C=O) groups is 1. The third-order valence-electron chi connectivity index (χ3n) is 6.21. The minimum atomic E-state index is -0.894. The number of hydrogen-bond donors (Lipinski definition) is 3. The predicted molar refractivity (Wildman–Crippen MR) is 124 cm³/mol. The van der Waals surface area contributed by atoms with Crippen LogP contribution >= 0.6 is 0 Å². The highest BCUT2D eigenvalue weighted by Crippen LogP contribution is 2.27. The Morgan fingerprint density at radius 3 is 2.97 bits per heavy atom. The molecule has 3 aromatic heterocycles. The van der Waals surface area contributed by atoms with E-state index in [2.05, 4.69) is 25.6 Å². The number of aliphatic hydroxyl groups excluding tert-OH is 1. The summed E-state index contributed by atoms with van der Waals surface area (Å²) < 4.78 is 31.0. The fourth-order valence-electron chi connectivity index (χ4n) is 4.31. The van der Waals surface area contributed by atoms with Gasteiger partial charge in [0.15, 0.2) is 18.2 Å². The molecule has 11 heteroatoms. The van der Waals surface area contributed by atoms with E-state index in [-0.39, 0.29) is 25.0 Å². The molecule has 3 N–H and O–H groups in total. The van der Waals surface area contributed by atoms with Gasteiger partial charge < -0.3 is 30.0 Å². The van der Waals surface area contributed by atoms with Crippen LogP contribution in [-0.4, -0.2) is 64.5 Å². The number of amides is 1. The Kier molecular flexibility index (Phi) is 6.71. The molecule has 5 rings (SSSR count). The van der Waals surface area contributed by atoms with Crippen molar-refractivity contribution in [1.29, 1.82) is 0 Å². The molecule has 184 valence electrons. The molecular weight excluding hydrogens is 457 g/mol. The first-order valence-electron chi connectivity index (χ1n) is 11.4. The highest BCUT2D eigenvalue weighted by Gasteiger charge is 2.29. The zero-order chi connectivity index (χ0) is 24.4. The number of pyridine rings is 3. The number of halogens is 1. The predicted octanol–water partition coefficient (Wildman–Crippen LogP) is 1.74. The van der Waals surface area contributed by atoms with Crippen LogP contribution < -0.4 is 20.1 Å². The number of fused-ring (bicyclic) bond motifs is 2. The monoisotopic (exact) mass is 483 g/mol. The number of methoxy groups -OCH3 is 1. The standard InChI is InChI=1S/C24H26FN5O5/c1-33-22-7-4-17-23(30-22)15(16(25)10-27-17)8-18(31)19-5-3-14(11-34-19)26-9-13-2-6-20-24(28-13)29-21(32)12-35-20/h2,4,6-7,10,14,18-19,26,31H,3,5,8-9,11-12H2,1H3,(H,28,29,32)/t14-,18+,19+/m1/s1. The Labute approximate surface area is 200 Å². The Hall–Kier alpha value is -3.41. The van der Waals surface area contributed by atoms with Gasteiger partial charge in [-0.05, 0) is 31.0 Å². The van der Waals surface area contributed by atoms with E-state index in [0.29, 0.717) is 53.6 Å². The second-order valence-corrected chi connectivity index (χ2v) is 8.59. The normalized spacial score (nSPS) is 20.6. The molecule has 2 aliphatic heterocycles. The molecule has 1 saturated heterocycles. The van der Waals surface area contributed by atoms with Gasteiger partial charge in [-0.1, -0.05) is 0 Å². The van der Waals surface area contributed by atoms with Gasteiger partial charge in [0.2, 0.25) is 5.88 Å². The van der Waals surface area contributed by atoms with Crippen LogP contribution in [0, 0.1) is 5.82 Å². The van der Waals surface area contributed by atoms with Gasteiger partial charge in [-0.3, -0.25) is 9.78 Å². The van der Waals surface area contributed by atoms with Gasteiger partial charge in [0, 0.05) is 30.6 Å². The number of aromatic nitrogens is 3. The second-order valence-electron chi connectivity index (χ2n) is 8.59. The first-order valence-corrected chi connectivity index (χ1v) is 11.4. The molecule has 0 aromatic carbocycles. The van der Waals surface area contributed by atoms with E-state index in [1.165, 1.54) is 7.11 Å². The lowest BCUT2D eigenvalue weighted by molar-refractivity contribution is -0.118. The van der Waals surface area contributed by atoms with Crippen LogP contribution in [0.15, 0.2) is 30.5 Å². The van der Waals surface area contributed by atoms with Crippen LogP contribution in [0.3, 0.4) is 0 Å². The van der Waals surface area contributed by atoms with Crippen molar-refractivity contribution in [3.05, 3.63) is 47.5 Å². The number of ether oxygens (including phenoxy) is 3. The summed E-state index contributed by atoms with van der Waals surface area (Å²) >= 11 is 0. The number of aliphatic hydroxyl groups is 1. The lowest BCUT2D eigenvalue weighted by atomic mass is 9.96. The number of nitrogens with zero attached hydrogens (tertiary/aromatic N) is 3. The maximum Gasteiger partial charge on any atom is 0.263 e. The van der Waals surface area contributed by atoms with Gasteiger partial charge in [0.25, 0.3) is 5.91 Å². The summed E-state index contributed by atoms with van der Waals surface area (Å²) in [6, 6.07) is 7.08. The molecule has 0 spiro atoms. The lowest BCUT2D eigenvalue weighted by Crippen LogP contribution is -2.44. The Morgan fingerprint density at radius 1 is 1.29 bits per heavy atom. The van der Waals surface area contributed by atoms with Gasteiger partial charge in [-0.15, -0.1) is 0 Å². The van der Waals surface area contributed by atoms with Crippen LogP contribution in [0.25, 0.3) is 11.0 Å². The van der Waals surface area contributed by atoms with E-state index in [4.69, 9.17) is 14.2 Å². The van der Waals surface area contributed by atoms with Gasteiger partial charge in [-0.25, -0.2) is 14.4 Å². The van der Waals surface area contributed by atoms with Gasteiger partial charge >= 0.3 is 0 Å². The summed E-state index contributed by atoms with van der Waals surface area (Å²) in [4.78, 5) is 24.3. The number of anilines is 1. The molecule has 3 atom stereocenters. The third kappa shape index (κ3) is 5.16. The smallest absolute Gasteiger partial charge is 0.263 e. The summed E-state index contributed by atoms with van der Waals surface area (Å²) in [5.41, 5.74) is 1.96. The van der Waals surface area contributed by atoms with E-state index in [0.717, 1.165) is 18.3 Å². The number of rotatable bonds is 7. The minimum Gasteiger partial charge on any atom is -0.481 e. The molecule has 0 unspecified atom stereocenters. The average Bonchev–Trinajstić information content (AvgIpc) is 2.88. The van der Waals surface area contributed by atoms with Crippen molar-refractivity contribution in [1.82, 2.24) is 20.3 Å². The fraction of sp³-hybridized carbons (Fsp3) is 0.417. The molecule has 3 aromatic rings. The van der Waals surface area contributed by atoms with Crippen LogP contribution in [0.4, 0.5) is 10.2 Å². The van der Waals surface area contributed by atoms with Gasteiger partial charge in [0.1, 0.15) is 5.82 Å². The molecular formula is C24H26FN5O5. The van der Waals surface area contributed by atoms with Crippen molar-refractivity contribution >= 4 is 22.8 Å².